The summed E-state index contributed by atoms with van der Waals surface area (Å²) >= 11 is 0. The van der Waals surface area contributed by atoms with Gasteiger partial charge in [-0.3, -0.25) is 19.1 Å². The molecule has 40 heavy (non-hydrogen) atoms. The van der Waals surface area contributed by atoms with Crippen LogP contribution in [0.1, 0.15) is 12.0 Å². The molecule has 11 nitrogen and oxygen atoms in total. The van der Waals surface area contributed by atoms with E-state index in [4.69, 9.17) is 4.98 Å². The van der Waals surface area contributed by atoms with E-state index in [1.54, 1.807) is 46.8 Å². The molecule has 210 valence electrons. The highest BCUT2D eigenvalue weighted by Gasteiger charge is 2.29. The summed E-state index contributed by atoms with van der Waals surface area (Å²) in [7, 11) is 3.56. The summed E-state index contributed by atoms with van der Waals surface area (Å²) < 4.78 is 1.69. The number of carbonyl (C=O) groups excluding carboxylic acids is 2. The van der Waals surface area contributed by atoms with Crippen LogP contribution in [0.15, 0.2) is 60.0 Å². The average Bonchev–Trinajstić information content (AvgIpc) is 2.93. The van der Waals surface area contributed by atoms with E-state index in [9.17, 15) is 14.4 Å². The Morgan fingerprint density at radius 3 is 2.60 bits per heavy atom. The number of rotatable bonds is 8. The summed E-state index contributed by atoms with van der Waals surface area (Å²) in [5.41, 5.74) is 2.50. The minimum Gasteiger partial charge on any atom is -0.338 e. The summed E-state index contributed by atoms with van der Waals surface area (Å²) in [6.45, 7) is 9.30. The number of nitrogens with zero attached hydrogens (tertiary/aromatic N) is 7. The van der Waals surface area contributed by atoms with E-state index in [1.807, 2.05) is 17.0 Å². The summed E-state index contributed by atoms with van der Waals surface area (Å²) in [6, 6.07) is 11.5. The van der Waals surface area contributed by atoms with Crippen molar-refractivity contribution >= 4 is 34.6 Å². The fraction of sp³-hybridized carbons (Fsp3) is 0.414. The molecule has 0 atom stereocenters. The normalized spacial score (nSPS) is 16.1. The highest BCUT2D eigenvalue weighted by molar-refractivity contribution is 5.87. The molecule has 5 rings (SSSR count). The molecule has 0 radical (unpaired) electrons. The zero-order valence-corrected chi connectivity index (χ0v) is 23.1. The molecule has 3 amide bonds. The number of anilines is 2. The van der Waals surface area contributed by atoms with Crippen LogP contribution in [0.2, 0.25) is 0 Å². The third kappa shape index (κ3) is 6.15. The van der Waals surface area contributed by atoms with Gasteiger partial charge in [0.1, 0.15) is 5.65 Å². The van der Waals surface area contributed by atoms with Crippen molar-refractivity contribution in [2.24, 2.45) is 5.92 Å². The maximum Gasteiger partial charge on any atom is 0.319 e. The number of piperazine rings is 1. The molecule has 2 fully saturated rings. The van der Waals surface area contributed by atoms with E-state index in [0.717, 1.165) is 42.7 Å². The average molecular weight is 545 g/mol. The molecular weight excluding hydrogens is 508 g/mol. The van der Waals surface area contributed by atoms with E-state index >= 15 is 0 Å². The van der Waals surface area contributed by atoms with Gasteiger partial charge in [-0.15, -0.1) is 0 Å². The number of pyridine rings is 1. The highest BCUT2D eigenvalue weighted by Crippen LogP contribution is 2.22. The summed E-state index contributed by atoms with van der Waals surface area (Å²) in [5.74, 6) is 0.723. The molecule has 11 heteroatoms. The zero-order valence-electron chi connectivity index (χ0n) is 23.1. The fourth-order valence-electron chi connectivity index (χ4n) is 5.24. The molecule has 0 bridgehead atoms. The van der Waals surface area contributed by atoms with Crippen molar-refractivity contribution < 1.29 is 9.59 Å². The first-order valence-corrected chi connectivity index (χ1v) is 13.6. The third-order valence-corrected chi connectivity index (χ3v) is 7.54. The van der Waals surface area contributed by atoms with Crippen LogP contribution in [0.25, 0.3) is 11.0 Å². The van der Waals surface area contributed by atoms with Gasteiger partial charge in [0.05, 0.1) is 0 Å². The lowest BCUT2D eigenvalue weighted by atomic mass is 9.96. The molecule has 0 unspecified atom stereocenters. The molecule has 0 spiro atoms. The number of aromatic nitrogens is 3. The van der Waals surface area contributed by atoms with Gasteiger partial charge in [-0.2, -0.15) is 4.98 Å². The van der Waals surface area contributed by atoms with Crippen LogP contribution >= 0.6 is 0 Å². The Bertz CT molecular complexity index is 1460. The van der Waals surface area contributed by atoms with Gasteiger partial charge in [0.15, 0.2) is 0 Å². The van der Waals surface area contributed by atoms with Crippen molar-refractivity contribution in [3.05, 3.63) is 71.2 Å². The van der Waals surface area contributed by atoms with Crippen LogP contribution in [0.4, 0.5) is 16.4 Å². The van der Waals surface area contributed by atoms with Crippen LogP contribution < -0.4 is 10.9 Å². The Morgan fingerprint density at radius 1 is 1.10 bits per heavy atom. The van der Waals surface area contributed by atoms with Gasteiger partial charge < -0.3 is 20.0 Å². The molecule has 2 saturated heterocycles. The molecular formula is C29H36N8O3. The molecule has 2 aromatic heterocycles. The predicted octanol–water partition coefficient (Wildman–Crippen LogP) is 2.37. The number of carbonyl (C=O) groups is 2. The Kier molecular flexibility index (Phi) is 8.11. The minimum absolute atomic E-state index is 0.0508. The molecule has 2 aliphatic rings. The Morgan fingerprint density at radius 2 is 1.88 bits per heavy atom. The van der Waals surface area contributed by atoms with Gasteiger partial charge in [-0.1, -0.05) is 18.7 Å². The largest absolute Gasteiger partial charge is 0.338 e. The van der Waals surface area contributed by atoms with Crippen molar-refractivity contribution in [1.82, 2.24) is 34.1 Å². The lowest BCUT2D eigenvalue weighted by molar-refractivity contribution is -0.132. The Hall–Kier alpha value is -4.25. The van der Waals surface area contributed by atoms with Gasteiger partial charge in [0, 0.05) is 89.8 Å². The number of hydrogen-bond donors (Lipinski definition) is 1. The van der Waals surface area contributed by atoms with Crippen LogP contribution in [-0.2, 0) is 17.9 Å². The van der Waals surface area contributed by atoms with E-state index < -0.39 is 0 Å². The van der Waals surface area contributed by atoms with Crippen LogP contribution in [0, 0.1) is 5.92 Å². The predicted molar refractivity (Wildman–Crippen MR) is 154 cm³/mol. The SMILES string of the molecule is C=CC(=O)N1CC(CCn2c(=O)ccc3cnc(Nc4cccc(CN5CCN(C(=O)N(C)C)CC5)c4)nc32)C1. The smallest absolute Gasteiger partial charge is 0.319 e. The number of likely N-dealkylation sites (tertiary alicyclic amines) is 1. The first-order valence-electron chi connectivity index (χ1n) is 13.6. The molecule has 3 aromatic rings. The van der Waals surface area contributed by atoms with E-state index in [0.29, 0.717) is 50.2 Å². The molecule has 0 saturated carbocycles. The van der Waals surface area contributed by atoms with Gasteiger partial charge >= 0.3 is 6.03 Å². The third-order valence-electron chi connectivity index (χ3n) is 7.54. The number of nitrogens with one attached hydrogen (secondary N) is 1. The lowest BCUT2D eigenvalue weighted by Gasteiger charge is -2.38. The number of amides is 3. The topological polar surface area (TPSA) is 107 Å². The second-order valence-corrected chi connectivity index (χ2v) is 10.7. The van der Waals surface area contributed by atoms with Crippen molar-refractivity contribution in [1.29, 1.82) is 0 Å². The van der Waals surface area contributed by atoms with Crippen molar-refractivity contribution in [2.75, 3.05) is 58.7 Å². The van der Waals surface area contributed by atoms with Crippen LogP contribution in [0.5, 0.6) is 0 Å². The van der Waals surface area contributed by atoms with Crippen LogP contribution in [0.3, 0.4) is 0 Å². The van der Waals surface area contributed by atoms with Gasteiger partial charge in [0.2, 0.25) is 11.9 Å². The fourth-order valence-corrected chi connectivity index (χ4v) is 5.24. The molecule has 2 aliphatic heterocycles. The van der Waals surface area contributed by atoms with Crippen molar-refractivity contribution in [3.63, 3.8) is 0 Å². The first kappa shape index (κ1) is 27.3. The first-order chi connectivity index (χ1) is 19.3. The van der Waals surface area contributed by atoms with Crippen molar-refractivity contribution in [2.45, 2.75) is 19.5 Å². The number of benzene rings is 1. The quantitative estimate of drug-likeness (QED) is 0.434. The van der Waals surface area contributed by atoms with E-state index in [1.165, 1.54) is 6.08 Å². The van der Waals surface area contributed by atoms with Gasteiger partial charge in [-0.05, 0) is 42.2 Å². The maximum absolute atomic E-state index is 12.7. The summed E-state index contributed by atoms with van der Waals surface area (Å²) in [4.78, 5) is 53.5. The monoisotopic (exact) mass is 544 g/mol. The maximum atomic E-state index is 12.7. The number of aryl methyl sites for hydroxylation is 1. The second-order valence-electron chi connectivity index (χ2n) is 10.7. The zero-order chi connectivity index (χ0) is 28.2. The highest BCUT2D eigenvalue weighted by atomic mass is 16.2. The Balaban J connectivity index is 1.23. The van der Waals surface area contributed by atoms with Gasteiger partial charge in [-0.25, -0.2) is 9.78 Å². The standard InChI is InChI=1S/C29H36N8O3/c1-4-25(38)36-19-22(20-36)10-11-37-26(39)9-8-23-17-30-28(32-27(23)37)31-24-7-5-6-21(16-24)18-34-12-14-35(15-13-34)29(40)33(2)3/h4-9,16-17,22H,1,10-15,18-20H2,2-3H3,(H,30,31,32). The molecule has 1 aromatic carbocycles. The van der Waals surface area contributed by atoms with Crippen molar-refractivity contribution in [3.8, 4) is 0 Å². The summed E-state index contributed by atoms with van der Waals surface area (Å²) in [5, 5.41) is 4.09. The van der Waals surface area contributed by atoms with E-state index in [-0.39, 0.29) is 17.5 Å². The number of fused-ring (bicyclic) bond motifs is 1. The molecule has 1 N–H and O–H groups in total. The second kappa shape index (κ2) is 11.9. The number of hydrogen-bond acceptors (Lipinski definition) is 7. The minimum atomic E-state index is -0.107. The van der Waals surface area contributed by atoms with E-state index in [2.05, 4.69) is 33.9 Å². The molecule has 0 aliphatic carbocycles. The van der Waals surface area contributed by atoms with Crippen LogP contribution in [-0.4, -0.2) is 99.4 Å². The lowest BCUT2D eigenvalue weighted by Crippen LogP contribution is -2.51. The number of urea groups is 1. The summed E-state index contributed by atoms with van der Waals surface area (Å²) in [6.07, 6.45) is 3.85. The van der Waals surface area contributed by atoms with Gasteiger partial charge in [0.25, 0.3) is 5.56 Å². The Labute approximate surface area is 233 Å². The molecule has 4 heterocycles.